The molecule has 0 aliphatic carbocycles. The predicted octanol–water partition coefficient (Wildman–Crippen LogP) is 4.86. The molecule has 0 bridgehead atoms. The summed E-state index contributed by atoms with van der Waals surface area (Å²) >= 11 is 0. The van der Waals surface area contributed by atoms with Gasteiger partial charge in [-0.1, -0.05) is 35.5 Å². The van der Waals surface area contributed by atoms with Crippen LogP contribution in [0.1, 0.15) is 0 Å². The molecule has 0 fully saturated rings. The minimum Gasteiger partial charge on any atom is -0.497 e. The molecule has 0 saturated carbocycles. The van der Waals surface area contributed by atoms with E-state index in [0.29, 0.717) is 33.3 Å². The van der Waals surface area contributed by atoms with E-state index < -0.39 is 0 Å². The van der Waals surface area contributed by atoms with Crippen molar-refractivity contribution in [1.29, 1.82) is 0 Å². The van der Waals surface area contributed by atoms with Crippen LogP contribution < -0.4 is 10.3 Å². The van der Waals surface area contributed by atoms with Gasteiger partial charge in [-0.2, -0.15) is 4.98 Å². The highest BCUT2D eigenvalue weighted by Gasteiger charge is 2.17. The zero-order chi connectivity index (χ0) is 21.4. The van der Waals surface area contributed by atoms with E-state index in [9.17, 15) is 9.18 Å². The highest BCUT2D eigenvalue weighted by atomic mass is 19.1. The van der Waals surface area contributed by atoms with Crippen molar-refractivity contribution in [2.75, 3.05) is 7.11 Å². The molecule has 2 heterocycles. The molecular formula is C24H16FN3O3. The van der Waals surface area contributed by atoms with Gasteiger partial charge in [0.15, 0.2) is 0 Å². The van der Waals surface area contributed by atoms with Gasteiger partial charge in [-0.15, -0.1) is 0 Å². The van der Waals surface area contributed by atoms with Crippen molar-refractivity contribution in [3.05, 3.63) is 95.2 Å². The first-order valence-corrected chi connectivity index (χ1v) is 9.53. The monoisotopic (exact) mass is 413 g/mol. The second kappa shape index (κ2) is 7.53. The van der Waals surface area contributed by atoms with Gasteiger partial charge in [0.25, 0.3) is 11.4 Å². The van der Waals surface area contributed by atoms with Crippen LogP contribution >= 0.6 is 0 Å². The predicted molar refractivity (Wildman–Crippen MR) is 115 cm³/mol. The molecule has 0 aliphatic heterocycles. The van der Waals surface area contributed by atoms with E-state index in [0.717, 1.165) is 0 Å². The Bertz CT molecular complexity index is 1460. The molecule has 0 radical (unpaired) electrons. The lowest BCUT2D eigenvalue weighted by molar-refractivity contribution is 0.414. The lowest BCUT2D eigenvalue weighted by Gasteiger charge is -2.11. The summed E-state index contributed by atoms with van der Waals surface area (Å²) in [7, 11) is 1.58. The molecule has 0 saturated heterocycles. The molecule has 5 aromatic rings. The topological polar surface area (TPSA) is 70.2 Å². The molecule has 3 aromatic carbocycles. The summed E-state index contributed by atoms with van der Waals surface area (Å²) in [4.78, 5) is 17.6. The molecule has 0 amide bonds. The summed E-state index contributed by atoms with van der Waals surface area (Å²) in [5, 5.41) is 5.20. The van der Waals surface area contributed by atoms with E-state index in [1.165, 1.54) is 16.7 Å². The SMILES string of the molecule is COc1ccc(-n2cc(-c3nc(-c4cccc(F)c4)no3)c3ccccc3c2=O)cc1. The number of aromatic nitrogens is 3. The number of hydrogen-bond donors (Lipinski definition) is 0. The molecule has 0 spiro atoms. The second-order valence-electron chi connectivity index (χ2n) is 6.90. The second-order valence-corrected chi connectivity index (χ2v) is 6.90. The molecule has 152 valence electrons. The number of fused-ring (bicyclic) bond motifs is 1. The van der Waals surface area contributed by atoms with Crippen molar-refractivity contribution in [3.63, 3.8) is 0 Å². The first-order chi connectivity index (χ1) is 15.1. The molecule has 6 nitrogen and oxygen atoms in total. The average Bonchev–Trinajstić information content (AvgIpc) is 3.30. The van der Waals surface area contributed by atoms with Crippen LogP contribution in [0.2, 0.25) is 0 Å². The Morgan fingerprint density at radius 3 is 2.48 bits per heavy atom. The maximum absolute atomic E-state index is 13.6. The summed E-state index contributed by atoms with van der Waals surface area (Å²) in [5.74, 6) is 0.801. The third kappa shape index (κ3) is 3.36. The molecule has 0 N–H and O–H groups in total. The minimum absolute atomic E-state index is 0.172. The van der Waals surface area contributed by atoms with E-state index in [1.54, 1.807) is 61.8 Å². The number of ether oxygens (including phenoxy) is 1. The van der Waals surface area contributed by atoms with E-state index in [2.05, 4.69) is 10.1 Å². The fourth-order valence-electron chi connectivity index (χ4n) is 3.47. The number of rotatable bonds is 4. The zero-order valence-corrected chi connectivity index (χ0v) is 16.4. The molecule has 7 heteroatoms. The van der Waals surface area contributed by atoms with Crippen LogP contribution in [0.5, 0.6) is 5.75 Å². The third-order valence-corrected chi connectivity index (χ3v) is 5.01. The Hall–Kier alpha value is -4.26. The van der Waals surface area contributed by atoms with Crippen LogP contribution in [-0.4, -0.2) is 21.8 Å². The lowest BCUT2D eigenvalue weighted by Crippen LogP contribution is -2.18. The van der Waals surface area contributed by atoms with E-state index in [1.807, 2.05) is 12.1 Å². The maximum atomic E-state index is 13.6. The fourth-order valence-corrected chi connectivity index (χ4v) is 3.47. The largest absolute Gasteiger partial charge is 0.497 e. The zero-order valence-electron chi connectivity index (χ0n) is 16.4. The van der Waals surface area contributed by atoms with Gasteiger partial charge >= 0.3 is 0 Å². The van der Waals surface area contributed by atoms with Gasteiger partial charge in [-0.3, -0.25) is 9.36 Å². The first-order valence-electron chi connectivity index (χ1n) is 9.53. The maximum Gasteiger partial charge on any atom is 0.262 e. The van der Waals surface area contributed by atoms with Gasteiger partial charge in [0.1, 0.15) is 11.6 Å². The van der Waals surface area contributed by atoms with Crippen molar-refractivity contribution in [1.82, 2.24) is 14.7 Å². The van der Waals surface area contributed by atoms with Crippen LogP contribution in [0.4, 0.5) is 4.39 Å². The standard InChI is InChI=1S/C24H16FN3O3/c1-30-18-11-9-17(10-12-18)28-14-21(19-7-2-3-8-20(19)24(28)29)23-26-22(27-31-23)15-5-4-6-16(25)13-15/h2-14H,1H3. The summed E-state index contributed by atoms with van der Waals surface area (Å²) in [6, 6.07) is 20.4. The Morgan fingerprint density at radius 2 is 1.74 bits per heavy atom. The highest BCUT2D eigenvalue weighted by molar-refractivity contribution is 5.94. The number of hydrogen-bond acceptors (Lipinski definition) is 5. The van der Waals surface area contributed by atoms with Gasteiger partial charge in [0.05, 0.1) is 12.7 Å². The van der Waals surface area contributed by atoms with Crippen LogP contribution in [0.15, 0.2) is 88.3 Å². The Morgan fingerprint density at radius 1 is 0.968 bits per heavy atom. The summed E-state index contributed by atoms with van der Waals surface area (Å²) in [5.41, 5.74) is 1.60. The molecular weight excluding hydrogens is 397 g/mol. The number of nitrogens with zero attached hydrogens (tertiary/aromatic N) is 3. The Labute approximate surface area is 176 Å². The smallest absolute Gasteiger partial charge is 0.262 e. The number of methoxy groups -OCH3 is 1. The van der Waals surface area contributed by atoms with E-state index in [4.69, 9.17) is 9.26 Å². The van der Waals surface area contributed by atoms with Crippen molar-refractivity contribution < 1.29 is 13.7 Å². The van der Waals surface area contributed by atoms with Crippen molar-refractivity contribution in [2.24, 2.45) is 0 Å². The fraction of sp³-hybridized carbons (Fsp3) is 0.0417. The molecule has 0 aliphatic rings. The van der Waals surface area contributed by atoms with Crippen molar-refractivity contribution >= 4 is 10.8 Å². The third-order valence-electron chi connectivity index (χ3n) is 5.01. The molecule has 0 unspecified atom stereocenters. The molecule has 5 rings (SSSR count). The Balaban J connectivity index is 1.70. The quantitative estimate of drug-likeness (QED) is 0.421. The molecule has 2 aromatic heterocycles. The molecule has 0 atom stereocenters. The first kappa shape index (κ1) is 18.7. The normalized spacial score (nSPS) is 11.0. The average molecular weight is 413 g/mol. The number of benzene rings is 3. The lowest BCUT2D eigenvalue weighted by atomic mass is 10.1. The van der Waals surface area contributed by atoms with E-state index in [-0.39, 0.29) is 23.1 Å². The van der Waals surface area contributed by atoms with Crippen LogP contribution in [-0.2, 0) is 0 Å². The van der Waals surface area contributed by atoms with Gasteiger partial charge in [-0.25, -0.2) is 4.39 Å². The van der Waals surface area contributed by atoms with Crippen LogP contribution in [0.25, 0.3) is 39.3 Å². The minimum atomic E-state index is -0.387. The number of pyridine rings is 1. The summed E-state index contributed by atoms with van der Waals surface area (Å²) < 4.78 is 25.8. The molecule has 31 heavy (non-hydrogen) atoms. The van der Waals surface area contributed by atoms with Gasteiger partial charge < -0.3 is 9.26 Å². The van der Waals surface area contributed by atoms with Gasteiger partial charge in [-0.05, 0) is 42.5 Å². The van der Waals surface area contributed by atoms with Gasteiger partial charge in [0.2, 0.25) is 5.82 Å². The highest BCUT2D eigenvalue weighted by Crippen LogP contribution is 2.29. The Kier molecular flexibility index (Phi) is 4.55. The van der Waals surface area contributed by atoms with Crippen LogP contribution in [0.3, 0.4) is 0 Å². The van der Waals surface area contributed by atoms with Crippen LogP contribution in [0, 0.1) is 5.82 Å². The van der Waals surface area contributed by atoms with E-state index >= 15 is 0 Å². The van der Waals surface area contributed by atoms with Crippen molar-refractivity contribution in [3.8, 4) is 34.3 Å². The number of halogens is 1. The van der Waals surface area contributed by atoms with Crippen molar-refractivity contribution in [2.45, 2.75) is 0 Å². The summed E-state index contributed by atoms with van der Waals surface area (Å²) in [6.07, 6.45) is 1.68. The van der Waals surface area contributed by atoms with Gasteiger partial charge in [0, 0.05) is 28.2 Å². The summed E-state index contributed by atoms with van der Waals surface area (Å²) in [6.45, 7) is 0.